The smallest absolute Gasteiger partial charge is 0.269 e. The number of aryl methyl sites for hydroxylation is 1. The fourth-order valence-corrected chi connectivity index (χ4v) is 3.07. The number of hydrogen-bond donors (Lipinski definition) is 1. The van der Waals surface area contributed by atoms with Gasteiger partial charge in [0.1, 0.15) is 0 Å². The van der Waals surface area contributed by atoms with E-state index in [2.05, 4.69) is 23.3 Å². The van der Waals surface area contributed by atoms with Gasteiger partial charge in [-0.15, -0.1) is 0 Å². The highest BCUT2D eigenvalue weighted by molar-refractivity contribution is 7.22. The third-order valence-corrected chi connectivity index (χ3v) is 4.36. The Morgan fingerprint density at radius 3 is 2.65 bits per heavy atom. The summed E-state index contributed by atoms with van der Waals surface area (Å²) in [5.74, 6) is -0.338. The SMILES string of the molecule is CCc1ccc2nc(NC(=O)c3ccc([N+](=O)[O-])cc3)sc2c1. The predicted molar refractivity (Wildman–Crippen MR) is 90.0 cm³/mol. The van der Waals surface area contributed by atoms with Gasteiger partial charge in [-0.3, -0.25) is 20.2 Å². The summed E-state index contributed by atoms with van der Waals surface area (Å²) in [5, 5.41) is 13.9. The summed E-state index contributed by atoms with van der Waals surface area (Å²) in [7, 11) is 0. The first-order valence-electron chi connectivity index (χ1n) is 7.02. The van der Waals surface area contributed by atoms with E-state index in [0.29, 0.717) is 10.7 Å². The summed E-state index contributed by atoms with van der Waals surface area (Å²) in [5.41, 5.74) is 2.36. The van der Waals surface area contributed by atoms with Gasteiger partial charge >= 0.3 is 0 Å². The maximum atomic E-state index is 12.2. The molecule has 0 saturated carbocycles. The summed E-state index contributed by atoms with van der Waals surface area (Å²) in [6.45, 7) is 2.08. The zero-order valence-corrected chi connectivity index (χ0v) is 13.1. The molecule has 0 atom stereocenters. The number of amides is 1. The molecule has 0 fully saturated rings. The molecule has 6 nitrogen and oxygen atoms in total. The van der Waals surface area contributed by atoms with Gasteiger partial charge in [-0.1, -0.05) is 24.3 Å². The van der Waals surface area contributed by atoms with Crippen molar-refractivity contribution in [1.29, 1.82) is 0 Å². The number of anilines is 1. The van der Waals surface area contributed by atoms with Gasteiger partial charge < -0.3 is 0 Å². The number of carbonyl (C=O) groups excluding carboxylic acids is 1. The van der Waals surface area contributed by atoms with E-state index in [1.165, 1.54) is 41.2 Å². The molecule has 1 N–H and O–H groups in total. The van der Waals surface area contributed by atoms with Crippen LogP contribution in [0.5, 0.6) is 0 Å². The second kappa shape index (κ2) is 6.13. The molecule has 0 bridgehead atoms. The third kappa shape index (κ3) is 3.19. The van der Waals surface area contributed by atoms with Crippen LogP contribution in [0, 0.1) is 10.1 Å². The Bertz CT molecular complexity index is 887. The Morgan fingerprint density at radius 1 is 1.26 bits per heavy atom. The molecule has 3 rings (SSSR count). The minimum absolute atomic E-state index is 0.0476. The van der Waals surface area contributed by atoms with Gasteiger partial charge in [-0.25, -0.2) is 4.98 Å². The number of non-ortho nitro benzene ring substituents is 1. The minimum atomic E-state index is -0.499. The predicted octanol–water partition coefficient (Wildman–Crippen LogP) is 4.02. The standard InChI is InChI=1S/C16H13N3O3S/c1-2-10-3-8-13-14(9-10)23-16(17-13)18-15(20)11-4-6-12(7-5-11)19(21)22/h3-9H,2H2,1H3,(H,17,18,20). The van der Waals surface area contributed by atoms with E-state index in [1.807, 2.05) is 12.1 Å². The van der Waals surface area contributed by atoms with Crippen LogP contribution in [-0.4, -0.2) is 15.8 Å². The van der Waals surface area contributed by atoms with Crippen LogP contribution in [0.2, 0.25) is 0 Å². The van der Waals surface area contributed by atoms with E-state index in [-0.39, 0.29) is 11.6 Å². The molecule has 116 valence electrons. The van der Waals surface area contributed by atoms with Crippen molar-refractivity contribution < 1.29 is 9.72 Å². The van der Waals surface area contributed by atoms with Crippen molar-refractivity contribution in [3.8, 4) is 0 Å². The molecule has 0 saturated heterocycles. The molecule has 2 aromatic carbocycles. The molecule has 1 heterocycles. The maximum absolute atomic E-state index is 12.2. The number of hydrogen-bond acceptors (Lipinski definition) is 5. The number of nitro groups is 1. The second-order valence-electron chi connectivity index (χ2n) is 4.93. The van der Waals surface area contributed by atoms with Crippen LogP contribution in [-0.2, 0) is 6.42 Å². The van der Waals surface area contributed by atoms with Gasteiger partial charge in [0, 0.05) is 17.7 Å². The lowest BCUT2D eigenvalue weighted by Gasteiger charge is -2.00. The first-order valence-corrected chi connectivity index (χ1v) is 7.83. The van der Waals surface area contributed by atoms with Gasteiger partial charge in [0.05, 0.1) is 15.1 Å². The van der Waals surface area contributed by atoms with Crippen molar-refractivity contribution in [1.82, 2.24) is 4.98 Å². The lowest BCUT2D eigenvalue weighted by Crippen LogP contribution is -2.11. The van der Waals surface area contributed by atoms with E-state index in [4.69, 9.17) is 0 Å². The summed E-state index contributed by atoms with van der Waals surface area (Å²) in [4.78, 5) is 26.7. The molecular weight excluding hydrogens is 314 g/mol. The highest BCUT2D eigenvalue weighted by Gasteiger charge is 2.12. The molecule has 0 aliphatic heterocycles. The summed E-state index contributed by atoms with van der Waals surface area (Å²) in [6.07, 6.45) is 0.943. The highest BCUT2D eigenvalue weighted by atomic mass is 32.1. The van der Waals surface area contributed by atoms with Crippen LogP contribution >= 0.6 is 11.3 Å². The zero-order valence-electron chi connectivity index (χ0n) is 12.3. The summed E-state index contributed by atoms with van der Waals surface area (Å²) in [6, 6.07) is 11.5. The van der Waals surface area contributed by atoms with E-state index < -0.39 is 4.92 Å². The van der Waals surface area contributed by atoms with Crippen molar-refractivity contribution >= 4 is 38.3 Å². The van der Waals surface area contributed by atoms with Gasteiger partial charge in [0.25, 0.3) is 11.6 Å². The molecule has 0 aliphatic carbocycles. The second-order valence-corrected chi connectivity index (χ2v) is 5.96. The third-order valence-electron chi connectivity index (χ3n) is 3.42. The van der Waals surface area contributed by atoms with Crippen LogP contribution in [0.15, 0.2) is 42.5 Å². The molecule has 1 aromatic heterocycles. The van der Waals surface area contributed by atoms with E-state index in [9.17, 15) is 14.9 Å². The molecule has 23 heavy (non-hydrogen) atoms. The number of nitrogens with zero attached hydrogens (tertiary/aromatic N) is 2. The largest absolute Gasteiger partial charge is 0.298 e. The fourth-order valence-electron chi connectivity index (χ4n) is 2.15. The monoisotopic (exact) mass is 327 g/mol. The Morgan fingerprint density at radius 2 is 2.00 bits per heavy atom. The zero-order chi connectivity index (χ0) is 16.4. The lowest BCUT2D eigenvalue weighted by atomic mass is 10.2. The van der Waals surface area contributed by atoms with Crippen molar-refractivity contribution in [3.05, 3.63) is 63.7 Å². The van der Waals surface area contributed by atoms with Crippen LogP contribution in [0.4, 0.5) is 10.8 Å². The Balaban J connectivity index is 1.80. The average Bonchev–Trinajstić information content (AvgIpc) is 2.95. The van der Waals surface area contributed by atoms with Gasteiger partial charge in [-0.05, 0) is 36.2 Å². The van der Waals surface area contributed by atoms with Crippen LogP contribution in [0.25, 0.3) is 10.2 Å². The highest BCUT2D eigenvalue weighted by Crippen LogP contribution is 2.27. The first kappa shape index (κ1) is 15.1. The number of nitro benzene ring substituents is 1. The molecule has 0 unspecified atom stereocenters. The van der Waals surface area contributed by atoms with Crippen molar-refractivity contribution in [3.63, 3.8) is 0 Å². The lowest BCUT2D eigenvalue weighted by molar-refractivity contribution is -0.384. The van der Waals surface area contributed by atoms with E-state index >= 15 is 0 Å². The van der Waals surface area contributed by atoms with Crippen LogP contribution < -0.4 is 5.32 Å². The van der Waals surface area contributed by atoms with Gasteiger partial charge in [-0.2, -0.15) is 0 Å². The number of nitrogens with one attached hydrogen (secondary N) is 1. The Labute approximate surface area is 135 Å². The number of benzene rings is 2. The number of fused-ring (bicyclic) bond motifs is 1. The van der Waals surface area contributed by atoms with E-state index in [0.717, 1.165) is 16.6 Å². The fraction of sp³-hybridized carbons (Fsp3) is 0.125. The van der Waals surface area contributed by atoms with Crippen LogP contribution in [0.1, 0.15) is 22.8 Å². The number of carbonyl (C=O) groups is 1. The molecule has 1 amide bonds. The Kier molecular flexibility index (Phi) is 4.03. The normalized spacial score (nSPS) is 10.7. The van der Waals surface area contributed by atoms with E-state index in [1.54, 1.807) is 0 Å². The van der Waals surface area contributed by atoms with Crippen molar-refractivity contribution in [2.24, 2.45) is 0 Å². The van der Waals surface area contributed by atoms with Crippen molar-refractivity contribution in [2.45, 2.75) is 13.3 Å². The molecule has 0 radical (unpaired) electrons. The average molecular weight is 327 g/mol. The number of rotatable bonds is 4. The quantitative estimate of drug-likeness (QED) is 0.579. The van der Waals surface area contributed by atoms with Crippen LogP contribution in [0.3, 0.4) is 0 Å². The summed E-state index contributed by atoms with van der Waals surface area (Å²) >= 11 is 1.41. The molecule has 7 heteroatoms. The maximum Gasteiger partial charge on any atom is 0.269 e. The molecule has 0 aliphatic rings. The Hall–Kier alpha value is -2.80. The summed E-state index contributed by atoms with van der Waals surface area (Å²) < 4.78 is 1.02. The molecular formula is C16H13N3O3S. The number of thiazole rings is 1. The number of aromatic nitrogens is 1. The minimum Gasteiger partial charge on any atom is -0.298 e. The molecule has 0 spiro atoms. The topological polar surface area (TPSA) is 85.1 Å². The van der Waals surface area contributed by atoms with Crippen molar-refractivity contribution in [2.75, 3.05) is 5.32 Å². The first-order chi connectivity index (χ1) is 11.1. The van der Waals surface area contributed by atoms with Gasteiger partial charge in [0.15, 0.2) is 5.13 Å². The molecule has 3 aromatic rings. The van der Waals surface area contributed by atoms with Gasteiger partial charge in [0.2, 0.25) is 0 Å².